The van der Waals surface area contributed by atoms with Crippen LogP contribution in [0.3, 0.4) is 0 Å². The summed E-state index contributed by atoms with van der Waals surface area (Å²) in [6.45, 7) is 0. The van der Waals surface area contributed by atoms with E-state index in [1.807, 2.05) is 42.5 Å². The standard InChI is InChI=1S/C56H35N3O2/c1-4-17-38(18-5-1)53-57-54(59-55(58-53)44-27-14-19-36-16-10-11-24-42(36)44)39-32-30-37(31-33-39)43-26-15-29-48-51(43)61-52-49(60-48)35-34-47-50(52)45-25-12-13-28-46(45)56(47,40-20-6-2-7-21-40)41-22-8-3-9-23-41/h1-35H. The van der Waals surface area contributed by atoms with Crippen LogP contribution in [-0.4, -0.2) is 15.0 Å². The molecule has 5 heteroatoms. The van der Waals surface area contributed by atoms with Crippen molar-refractivity contribution in [2.45, 2.75) is 5.41 Å². The molecule has 0 radical (unpaired) electrons. The van der Waals surface area contributed by atoms with Gasteiger partial charge in [-0.1, -0.05) is 200 Å². The van der Waals surface area contributed by atoms with Crippen molar-refractivity contribution in [2.75, 3.05) is 0 Å². The summed E-state index contributed by atoms with van der Waals surface area (Å²) in [6.07, 6.45) is 0. The number of hydrogen-bond acceptors (Lipinski definition) is 5. The maximum absolute atomic E-state index is 7.15. The lowest BCUT2D eigenvalue weighted by atomic mass is 9.68. The van der Waals surface area contributed by atoms with Gasteiger partial charge in [-0.25, -0.2) is 15.0 Å². The van der Waals surface area contributed by atoms with Crippen LogP contribution < -0.4 is 9.47 Å². The van der Waals surface area contributed by atoms with Gasteiger partial charge in [-0.15, -0.1) is 0 Å². The van der Waals surface area contributed by atoms with Crippen molar-refractivity contribution in [3.8, 4) is 79.4 Å². The summed E-state index contributed by atoms with van der Waals surface area (Å²) in [6, 6.07) is 73.7. The second-order valence-corrected chi connectivity index (χ2v) is 15.5. The molecule has 0 atom stereocenters. The van der Waals surface area contributed by atoms with Crippen LogP contribution in [0, 0.1) is 0 Å². The quantitative estimate of drug-likeness (QED) is 0.168. The van der Waals surface area contributed by atoms with Gasteiger partial charge in [0.05, 0.1) is 5.41 Å². The van der Waals surface area contributed by atoms with Gasteiger partial charge in [-0.3, -0.25) is 0 Å². The van der Waals surface area contributed by atoms with Crippen molar-refractivity contribution >= 4 is 10.8 Å². The third kappa shape index (κ3) is 5.52. The lowest BCUT2D eigenvalue weighted by Crippen LogP contribution is -2.28. The van der Waals surface area contributed by atoms with E-state index in [9.17, 15) is 0 Å². The first kappa shape index (κ1) is 34.9. The van der Waals surface area contributed by atoms with E-state index in [0.29, 0.717) is 34.7 Å². The minimum absolute atomic E-state index is 0.550. The molecule has 1 aliphatic heterocycles. The number of para-hydroxylation sites is 1. The van der Waals surface area contributed by atoms with E-state index in [0.717, 1.165) is 61.0 Å². The third-order valence-electron chi connectivity index (χ3n) is 12.1. The first-order valence-corrected chi connectivity index (χ1v) is 20.5. The molecule has 2 heterocycles. The zero-order valence-electron chi connectivity index (χ0n) is 32.9. The van der Waals surface area contributed by atoms with Gasteiger partial charge < -0.3 is 9.47 Å². The van der Waals surface area contributed by atoms with Gasteiger partial charge >= 0.3 is 0 Å². The van der Waals surface area contributed by atoms with Crippen molar-refractivity contribution in [2.24, 2.45) is 0 Å². The van der Waals surface area contributed by atoms with Gasteiger partial charge in [0.2, 0.25) is 0 Å². The van der Waals surface area contributed by atoms with E-state index in [1.165, 1.54) is 16.7 Å². The van der Waals surface area contributed by atoms with Gasteiger partial charge in [0.25, 0.3) is 0 Å². The average Bonchev–Trinajstić information content (AvgIpc) is 3.65. The van der Waals surface area contributed by atoms with Crippen LogP contribution in [0.5, 0.6) is 23.0 Å². The van der Waals surface area contributed by atoms with Gasteiger partial charge in [0.1, 0.15) is 0 Å². The minimum Gasteiger partial charge on any atom is -0.449 e. The predicted octanol–water partition coefficient (Wildman–Crippen LogP) is 14.0. The smallest absolute Gasteiger partial charge is 0.178 e. The number of fused-ring (bicyclic) bond motifs is 7. The molecule has 10 aromatic rings. The maximum atomic E-state index is 7.15. The second-order valence-electron chi connectivity index (χ2n) is 15.5. The Morgan fingerprint density at radius 1 is 0.328 bits per heavy atom. The molecule has 5 nitrogen and oxygen atoms in total. The molecule has 12 rings (SSSR count). The highest BCUT2D eigenvalue weighted by atomic mass is 16.6. The van der Waals surface area contributed by atoms with Crippen LogP contribution in [0.1, 0.15) is 22.3 Å². The molecule has 0 bridgehead atoms. The molecule has 1 aromatic heterocycles. The second kappa shape index (κ2) is 14.0. The Morgan fingerprint density at radius 2 is 0.869 bits per heavy atom. The summed E-state index contributed by atoms with van der Waals surface area (Å²) in [5.74, 6) is 4.60. The highest BCUT2D eigenvalue weighted by Gasteiger charge is 2.48. The van der Waals surface area contributed by atoms with Gasteiger partial charge in [-0.05, 0) is 56.3 Å². The fraction of sp³-hybridized carbons (Fsp3) is 0.0179. The molecule has 0 spiro atoms. The van der Waals surface area contributed by atoms with E-state index < -0.39 is 5.41 Å². The van der Waals surface area contributed by atoms with Gasteiger partial charge in [0.15, 0.2) is 40.5 Å². The molecule has 0 unspecified atom stereocenters. The fourth-order valence-corrected chi connectivity index (χ4v) is 9.37. The molecular weight excluding hydrogens is 747 g/mol. The molecule has 0 fully saturated rings. The molecule has 0 saturated heterocycles. The Hall–Kier alpha value is -8.15. The number of aromatic nitrogens is 3. The summed E-state index contributed by atoms with van der Waals surface area (Å²) >= 11 is 0. The lowest BCUT2D eigenvalue weighted by molar-refractivity contribution is 0.361. The Bertz CT molecular complexity index is 3250. The molecular formula is C56H35N3O2. The third-order valence-corrected chi connectivity index (χ3v) is 12.1. The zero-order valence-corrected chi connectivity index (χ0v) is 32.9. The summed E-state index contributed by atoms with van der Waals surface area (Å²) in [4.78, 5) is 15.1. The molecule has 1 aliphatic carbocycles. The zero-order chi connectivity index (χ0) is 40.3. The monoisotopic (exact) mass is 781 g/mol. The minimum atomic E-state index is -0.550. The van der Waals surface area contributed by atoms with Crippen molar-refractivity contribution in [1.29, 1.82) is 0 Å². The molecule has 0 N–H and O–H groups in total. The van der Waals surface area contributed by atoms with Crippen LogP contribution in [0.15, 0.2) is 212 Å². The van der Waals surface area contributed by atoms with E-state index >= 15 is 0 Å². The molecule has 61 heavy (non-hydrogen) atoms. The highest BCUT2D eigenvalue weighted by molar-refractivity contribution is 5.96. The number of ether oxygens (including phenoxy) is 2. The normalized spacial score (nSPS) is 13.0. The number of nitrogens with zero attached hydrogens (tertiary/aromatic N) is 3. The SMILES string of the molecule is c1ccc(-c2nc(-c3ccc(-c4cccc5c4Oc4c(ccc6c4-c4ccccc4C6(c4ccccc4)c4ccccc4)O5)cc3)nc(-c3cccc4ccccc34)n2)cc1. The highest BCUT2D eigenvalue weighted by Crippen LogP contribution is 2.62. The first-order valence-electron chi connectivity index (χ1n) is 20.5. The average molecular weight is 782 g/mol. The Balaban J connectivity index is 0.965. The van der Waals surface area contributed by atoms with Crippen molar-refractivity contribution in [3.63, 3.8) is 0 Å². The Kier molecular flexibility index (Phi) is 8.00. The van der Waals surface area contributed by atoms with E-state index in [2.05, 4.69) is 170 Å². The van der Waals surface area contributed by atoms with E-state index in [-0.39, 0.29) is 0 Å². The predicted molar refractivity (Wildman–Crippen MR) is 243 cm³/mol. The molecule has 286 valence electrons. The molecule has 2 aliphatic rings. The van der Waals surface area contributed by atoms with Crippen LogP contribution in [0.4, 0.5) is 0 Å². The van der Waals surface area contributed by atoms with Crippen LogP contribution in [0.2, 0.25) is 0 Å². The van der Waals surface area contributed by atoms with Crippen molar-refractivity contribution in [1.82, 2.24) is 15.0 Å². The van der Waals surface area contributed by atoms with E-state index in [1.54, 1.807) is 0 Å². The number of benzene rings is 9. The molecule has 0 amide bonds. The van der Waals surface area contributed by atoms with Gasteiger partial charge in [-0.2, -0.15) is 0 Å². The Morgan fingerprint density at radius 3 is 1.62 bits per heavy atom. The number of rotatable bonds is 6. The topological polar surface area (TPSA) is 57.1 Å². The van der Waals surface area contributed by atoms with Crippen molar-refractivity contribution < 1.29 is 9.47 Å². The van der Waals surface area contributed by atoms with E-state index in [4.69, 9.17) is 24.4 Å². The van der Waals surface area contributed by atoms with Crippen molar-refractivity contribution in [3.05, 3.63) is 235 Å². The summed E-state index contributed by atoms with van der Waals surface area (Å²) in [7, 11) is 0. The Labute approximate surface area is 353 Å². The summed E-state index contributed by atoms with van der Waals surface area (Å²) in [5.41, 5.74) is 11.1. The van der Waals surface area contributed by atoms with Crippen LogP contribution in [-0.2, 0) is 5.41 Å². The lowest BCUT2D eigenvalue weighted by Gasteiger charge is -2.34. The number of hydrogen-bond donors (Lipinski definition) is 0. The van der Waals surface area contributed by atoms with Crippen LogP contribution >= 0.6 is 0 Å². The van der Waals surface area contributed by atoms with Crippen LogP contribution in [0.25, 0.3) is 67.2 Å². The largest absolute Gasteiger partial charge is 0.449 e. The maximum Gasteiger partial charge on any atom is 0.178 e. The molecule has 0 saturated carbocycles. The summed E-state index contributed by atoms with van der Waals surface area (Å²) in [5, 5.41) is 2.22. The first-order chi connectivity index (χ1) is 30.2. The fourth-order valence-electron chi connectivity index (χ4n) is 9.37. The summed E-state index contributed by atoms with van der Waals surface area (Å²) < 4.78 is 13.9. The van der Waals surface area contributed by atoms with Gasteiger partial charge in [0, 0.05) is 27.8 Å². The molecule has 9 aromatic carbocycles.